The van der Waals surface area contributed by atoms with E-state index in [1.54, 1.807) is 4.90 Å². The molecule has 0 aliphatic carbocycles. The van der Waals surface area contributed by atoms with Gasteiger partial charge < -0.3 is 24.4 Å². The lowest BCUT2D eigenvalue weighted by Crippen LogP contribution is -2.53. The molecule has 6 nitrogen and oxygen atoms in total. The summed E-state index contributed by atoms with van der Waals surface area (Å²) in [4.78, 5) is 14.0. The van der Waals surface area contributed by atoms with Crippen LogP contribution in [0.5, 0.6) is 11.5 Å². The molecule has 0 spiro atoms. The predicted octanol–water partition coefficient (Wildman–Crippen LogP) is 3.34. The van der Waals surface area contributed by atoms with Gasteiger partial charge in [0.05, 0.1) is 0 Å². The Bertz CT molecular complexity index is 646. The summed E-state index contributed by atoms with van der Waals surface area (Å²) >= 11 is 0. The van der Waals surface area contributed by atoms with Crippen molar-refractivity contribution in [2.75, 3.05) is 26.3 Å². The second-order valence-corrected chi connectivity index (χ2v) is 8.36. The van der Waals surface area contributed by atoms with Gasteiger partial charge in [0, 0.05) is 25.2 Å². The Morgan fingerprint density at radius 1 is 1.19 bits per heavy atom. The van der Waals surface area contributed by atoms with E-state index in [1.165, 1.54) is 5.56 Å². The summed E-state index contributed by atoms with van der Waals surface area (Å²) in [6, 6.07) is 6.08. The number of nitrogens with one attached hydrogen (secondary N) is 1. The van der Waals surface area contributed by atoms with Crippen molar-refractivity contribution in [3.05, 3.63) is 23.8 Å². The molecule has 1 fully saturated rings. The van der Waals surface area contributed by atoms with Gasteiger partial charge in [0.25, 0.3) is 0 Å². The van der Waals surface area contributed by atoms with Crippen molar-refractivity contribution in [2.45, 2.75) is 58.2 Å². The molecule has 2 aliphatic heterocycles. The van der Waals surface area contributed by atoms with Crippen LogP contribution >= 0.6 is 0 Å². The van der Waals surface area contributed by atoms with Crippen molar-refractivity contribution in [3.8, 4) is 11.5 Å². The van der Waals surface area contributed by atoms with Crippen molar-refractivity contribution < 1.29 is 19.0 Å². The van der Waals surface area contributed by atoms with E-state index in [4.69, 9.17) is 14.2 Å². The molecule has 0 bridgehead atoms. The fourth-order valence-electron chi connectivity index (χ4n) is 3.20. The maximum absolute atomic E-state index is 12.2. The molecule has 2 aliphatic rings. The van der Waals surface area contributed by atoms with Crippen LogP contribution in [-0.4, -0.2) is 48.4 Å². The Morgan fingerprint density at radius 3 is 2.50 bits per heavy atom. The van der Waals surface area contributed by atoms with Gasteiger partial charge in [0.2, 0.25) is 0 Å². The first-order valence-corrected chi connectivity index (χ1v) is 9.36. The molecule has 0 saturated carbocycles. The third-order valence-corrected chi connectivity index (χ3v) is 4.84. The molecule has 1 aromatic carbocycles. The molecule has 1 aromatic rings. The molecule has 6 heteroatoms. The van der Waals surface area contributed by atoms with Gasteiger partial charge in [-0.15, -0.1) is 0 Å². The number of piperidine rings is 1. The second-order valence-electron chi connectivity index (χ2n) is 8.36. The van der Waals surface area contributed by atoms with Crippen LogP contribution in [0, 0.1) is 0 Å². The molecule has 3 rings (SSSR count). The van der Waals surface area contributed by atoms with Gasteiger partial charge in [-0.1, -0.05) is 6.07 Å². The maximum Gasteiger partial charge on any atom is 0.410 e. The SMILES string of the molecule is CC1(NCc2ccc3c(c2)OCCO3)CCN(C(=O)OC(C)(C)C)CC1. The lowest BCUT2D eigenvalue weighted by atomic mass is 9.89. The topological polar surface area (TPSA) is 60.0 Å². The largest absolute Gasteiger partial charge is 0.486 e. The lowest BCUT2D eigenvalue weighted by Gasteiger charge is -2.40. The van der Waals surface area contributed by atoms with E-state index < -0.39 is 5.60 Å². The highest BCUT2D eigenvalue weighted by Gasteiger charge is 2.33. The summed E-state index contributed by atoms with van der Waals surface area (Å²) in [7, 11) is 0. The van der Waals surface area contributed by atoms with Crippen molar-refractivity contribution in [1.82, 2.24) is 10.2 Å². The monoisotopic (exact) mass is 362 g/mol. The molecular weight excluding hydrogens is 332 g/mol. The molecule has 0 atom stereocenters. The number of rotatable bonds is 3. The van der Waals surface area contributed by atoms with Crippen LogP contribution in [0.4, 0.5) is 4.79 Å². The summed E-state index contributed by atoms with van der Waals surface area (Å²) in [5, 5.41) is 3.65. The van der Waals surface area contributed by atoms with Crippen molar-refractivity contribution >= 4 is 6.09 Å². The smallest absolute Gasteiger partial charge is 0.410 e. The molecule has 2 heterocycles. The summed E-state index contributed by atoms with van der Waals surface area (Å²) in [5.41, 5.74) is 0.727. The molecule has 0 aromatic heterocycles. The zero-order valence-corrected chi connectivity index (χ0v) is 16.3. The molecule has 0 unspecified atom stereocenters. The molecule has 144 valence electrons. The van der Waals surface area contributed by atoms with Gasteiger partial charge in [0.1, 0.15) is 18.8 Å². The highest BCUT2D eigenvalue weighted by atomic mass is 16.6. The summed E-state index contributed by atoms with van der Waals surface area (Å²) < 4.78 is 16.7. The fraction of sp³-hybridized carbons (Fsp3) is 0.650. The predicted molar refractivity (Wildman–Crippen MR) is 99.7 cm³/mol. The van der Waals surface area contributed by atoms with Crippen molar-refractivity contribution in [1.29, 1.82) is 0 Å². The van der Waals surface area contributed by atoms with Crippen molar-refractivity contribution in [3.63, 3.8) is 0 Å². The van der Waals surface area contributed by atoms with Crippen LogP contribution in [0.3, 0.4) is 0 Å². The fourth-order valence-corrected chi connectivity index (χ4v) is 3.20. The maximum atomic E-state index is 12.2. The van der Waals surface area contributed by atoms with Gasteiger partial charge >= 0.3 is 6.09 Å². The first-order valence-electron chi connectivity index (χ1n) is 9.36. The van der Waals surface area contributed by atoms with E-state index in [2.05, 4.69) is 18.3 Å². The van der Waals surface area contributed by atoms with E-state index in [9.17, 15) is 4.79 Å². The van der Waals surface area contributed by atoms with E-state index in [0.29, 0.717) is 26.3 Å². The van der Waals surface area contributed by atoms with Crippen LogP contribution in [0.1, 0.15) is 46.1 Å². The standard InChI is InChI=1S/C20H30N2O4/c1-19(2,3)26-18(23)22-9-7-20(4,8-10-22)21-14-15-5-6-16-17(13-15)25-12-11-24-16/h5-6,13,21H,7-12,14H2,1-4H3. The minimum Gasteiger partial charge on any atom is -0.486 e. The summed E-state index contributed by atoms with van der Waals surface area (Å²) in [6.07, 6.45) is 1.58. The van der Waals surface area contributed by atoms with Gasteiger partial charge in [-0.2, -0.15) is 0 Å². The minimum absolute atomic E-state index is 0.00573. The third kappa shape index (κ3) is 4.81. The normalized spacial score (nSPS) is 19.2. The Balaban J connectivity index is 1.51. The Kier molecular flexibility index (Phi) is 5.32. The minimum atomic E-state index is -0.450. The average Bonchev–Trinajstić information content (AvgIpc) is 2.59. The van der Waals surface area contributed by atoms with E-state index in [1.807, 2.05) is 32.9 Å². The Morgan fingerprint density at radius 2 is 1.85 bits per heavy atom. The number of benzene rings is 1. The highest BCUT2D eigenvalue weighted by Crippen LogP contribution is 2.31. The number of hydrogen-bond donors (Lipinski definition) is 1. The molecule has 26 heavy (non-hydrogen) atoms. The van der Waals surface area contributed by atoms with Crippen LogP contribution < -0.4 is 14.8 Å². The lowest BCUT2D eigenvalue weighted by molar-refractivity contribution is 0.0156. The molecule has 1 saturated heterocycles. The first kappa shape index (κ1) is 18.8. The van der Waals surface area contributed by atoms with Gasteiger partial charge in [-0.3, -0.25) is 0 Å². The number of amides is 1. The molecule has 1 amide bonds. The number of carbonyl (C=O) groups excluding carboxylic acids is 1. The Labute approximate surface area is 155 Å². The van der Waals surface area contributed by atoms with Gasteiger partial charge in [-0.25, -0.2) is 4.79 Å². The third-order valence-electron chi connectivity index (χ3n) is 4.84. The first-order chi connectivity index (χ1) is 12.2. The summed E-state index contributed by atoms with van der Waals surface area (Å²) in [5.74, 6) is 1.64. The van der Waals surface area contributed by atoms with Crippen molar-refractivity contribution in [2.24, 2.45) is 0 Å². The summed E-state index contributed by atoms with van der Waals surface area (Å²) in [6.45, 7) is 11.3. The molecule has 0 radical (unpaired) electrons. The molecule has 1 N–H and O–H groups in total. The van der Waals surface area contributed by atoms with E-state index >= 15 is 0 Å². The van der Waals surface area contributed by atoms with Crippen LogP contribution in [0.15, 0.2) is 18.2 Å². The average molecular weight is 362 g/mol. The number of nitrogens with zero attached hydrogens (tertiary/aromatic N) is 1. The van der Waals surface area contributed by atoms with Gasteiger partial charge in [0.15, 0.2) is 11.5 Å². The van der Waals surface area contributed by atoms with E-state index in [0.717, 1.165) is 30.9 Å². The van der Waals surface area contributed by atoms with Gasteiger partial charge in [-0.05, 0) is 58.2 Å². The highest BCUT2D eigenvalue weighted by molar-refractivity contribution is 5.68. The number of ether oxygens (including phenoxy) is 3. The quantitative estimate of drug-likeness (QED) is 0.894. The molecular formula is C20H30N2O4. The number of hydrogen-bond acceptors (Lipinski definition) is 5. The number of fused-ring (bicyclic) bond motifs is 1. The van der Waals surface area contributed by atoms with Crippen LogP contribution in [-0.2, 0) is 11.3 Å². The zero-order chi connectivity index (χ0) is 18.8. The van der Waals surface area contributed by atoms with Crippen LogP contribution in [0.2, 0.25) is 0 Å². The second kappa shape index (κ2) is 7.35. The van der Waals surface area contributed by atoms with E-state index in [-0.39, 0.29) is 11.6 Å². The van der Waals surface area contributed by atoms with Crippen LogP contribution in [0.25, 0.3) is 0 Å². The number of likely N-dealkylation sites (tertiary alicyclic amines) is 1. The zero-order valence-electron chi connectivity index (χ0n) is 16.3. The number of carbonyl (C=O) groups is 1. The Hall–Kier alpha value is -1.95.